The number of piperidine rings is 1. The minimum atomic E-state index is -4.57. The zero-order valence-electron chi connectivity index (χ0n) is 17.2. The van der Waals surface area contributed by atoms with Gasteiger partial charge in [0.2, 0.25) is 25.9 Å². The van der Waals surface area contributed by atoms with Gasteiger partial charge in [-0.25, -0.2) is 26.7 Å². The van der Waals surface area contributed by atoms with Crippen LogP contribution in [-0.4, -0.2) is 81.4 Å². The number of tetrazole rings is 1. The summed E-state index contributed by atoms with van der Waals surface area (Å²) in [5.41, 5.74) is 11.4. The number of H-pyrrole nitrogens is 1. The summed E-state index contributed by atoms with van der Waals surface area (Å²) in [4.78, 5) is 0.653. The van der Waals surface area contributed by atoms with E-state index < -0.39 is 35.9 Å². The van der Waals surface area contributed by atoms with Crippen molar-refractivity contribution in [2.75, 3.05) is 37.7 Å². The van der Waals surface area contributed by atoms with Gasteiger partial charge in [-0.15, -0.1) is 10.2 Å². The molecule has 1 aromatic carbocycles. The maximum absolute atomic E-state index is 13.1. The Morgan fingerprint density at radius 1 is 1.19 bits per heavy atom. The lowest BCUT2D eigenvalue weighted by atomic mass is 9.97. The quantitative estimate of drug-likeness (QED) is 0.212. The number of sulfonamides is 2. The Balaban J connectivity index is 2.23. The predicted molar refractivity (Wildman–Crippen MR) is 115 cm³/mol. The molecule has 14 nitrogen and oxygen atoms in total. The first kappa shape index (κ1) is 24.4. The van der Waals surface area contributed by atoms with Crippen molar-refractivity contribution >= 4 is 25.7 Å². The van der Waals surface area contributed by atoms with E-state index in [9.17, 15) is 21.9 Å². The summed E-state index contributed by atoms with van der Waals surface area (Å²) >= 11 is 0. The molecule has 1 fully saturated rings. The van der Waals surface area contributed by atoms with Gasteiger partial charge in [-0.2, -0.15) is 5.21 Å². The summed E-state index contributed by atoms with van der Waals surface area (Å²) in [5.74, 6) is 0.00505. The van der Waals surface area contributed by atoms with E-state index in [1.807, 2.05) is 4.90 Å². The summed E-state index contributed by atoms with van der Waals surface area (Å²) < 4.78 is 53.8. The van der Waals surface area contributed by atoms with Crippen LogP contribution >= 0.6 is 0 Å². The molecule has 0 amide bonds. The van der Waals surface area contributed by atoms with Crippen molar-refractivity contribution in [2.24, 2.45) is 22.5 Å². The van der Waals surface area contributed by atoms with Crippen LogP contribution in [0.5, 0.6) is 0 Å². The van der Waals surface area contributed by atoms with Crippen LogP contribution in [0.25, 0.3) is 11.4 Å². The highest BCUT2D eigenvalue weighted by Crippen LogP contribution is 2.39. The van der Waals surface area contributed by atoms with Crippen LogP contribution in [0.3, 0.4) is 0 Å². The largest absolute Gasteiger partial charge is 0.396 e. The second-order valence-corrected chi connectivity index (χ2v) is 10.7. The molecule has 0 bridgehead atoms. The fourth-order valence-electron chi connectivity index (χ4n) is 3.63. The smallest absolute Gasteiger partial charge is 0.242 e. The third-order valence-electron chi connectivity index (χ3n) is 5.35. The monoisotopic (exact) mass is 489 g/mol. The lowest BCUT2D eigenvalue weighted by Gasteiger charge is -2.34. The van der Waals surface area contributed by atoms with E-state index in [-0.39, 0.29) is 37.0 Å². The van der Waals surface area contributed by atoms with Crippen molar-refractivity contribution in [2.45, 2.75) is 28.7 Å². The van der Waals surface area contributed by atoms with Gasteiger partial charge in [0.25, 0.3) is 0 Å². The summed E-state index contributed by atoms with van der Waals surface area (Å²) in [6.45, 7) is 0.895. The van der Waals surface area contributed by atoms with Crippen LogP contribution in [-0.2, 0) is 20.0 Å². The van der Waals surface area contributed by atoms with Crippen molar-refractivity contribution in [3.05, 3.63) is 12.1 Å². The molecular formula is C16H27N9O5S2. The average Bonchev–Trinajstić information content (AvgIpc) is 3.30. The number of hydrogen-bond donors (Lipinski definition) is 6. The molecule has 1 aliphatic rings. The maximum atomic E-state index is 13.1. The van der Waals surface area contributed by atoms with E-state index in [4.69, 9.17) is 16.6 Å². The first-order chi connectivity index (χ1) is 15.1. The van der Waals surface area contributed by atoms with E-state index in [0.29, 0.717) is 31.6 Å². The number of rotatable bonds is 9. The number of anilines is 1. The Morgan fingerprint density at radius 3 is 2.34 bits per heavy atom. The normalized spacial score (nSPS) is 16.1. The highest BCUT2D eigenvalue weighted by molar-refractivity contribution is 7.92. The lowest BCUT2D eigenvalue weighted by Crippen LogP contribution is -2.45. The number of nitrogens with one attached hydrogen (secondary N) is 2. The number of aliphatic hydroxyl groups excluding tert-OH is 1. The van der Waals surface area contributed by atoms with Crippen LogP contribution in [0.2, 0.25) is 0 Å². The topological polar surface area (TPSA) is 236 Å². The van der Waals surface area contributed by atoms with Crippen molar-refractivity contribution in [1.82, 2.24) is 25.3 Å². The number of hydrogen-bond acceptors (Lipinski definition) is 11. The maximum Gasteiger partial charge on any atom is 0.242 e. The Labute approximate surface area is 185 Å². The molecule has 32 heavy (non-hydrogen) atoms. The van der Waals surface area contributed by atoms with Gasteiger partial charge in [0.15, 0.2) is 0 Å². The SMILES string of the molecule is NCC(CN)NS(=O)(=O)c1ccc(N2CCC(CO)CC2)c(-c2nn[nH]n2)c1S(N)(=O)=O. The summed E-state index contributed by atoms with van der Waals surface area (Å²) in [6, 6.07) is 1.84. The average molecular weight is 490 g/mol. The van der Waals surface area contributed by atoms with Gasteiger partial charge >= 0.3 is 0 Å². The van der Waals surface area contributed by atoms with Gasteiger partial charge in [-0.05, 0) is 36.1 Å². The molecule has 1 saturated heterocycles. The third-order valence-corrected chi connectivity index (χ3v) is 8.03. The molecule has 0 radical (unpaired) electrons. The Morgan fingerprint density at radius 2 is 1.84 bits per heavy atom. The summed E-state index contributed by atoms with van der Waals surface area (Å²) in [5, 5.41) is 28.4. The summed E-state index contributed by atoms with van der Waals surface area (Å²) in [6.07, 6.45) is 1.34. The number of nitrogens with two attached hydrogens (primary N) is 3. The molecule has 0 aliphatic carbocycles. The predicted octanol–water partition coefficient (Wildman–Crippen LogP) is -2.71. The Bertz CT molecular complexity index is 1130. The molecule has 178 valence electrons. The molecule has 0 spiro atoms. The van der Waals surface area contributed by atoms with Gasteiger partial charge in [0, 0.05) is 44.5 Å². The van der Waals surface area contributed by atoms with E-state index in [2.05, 4.69) is 25.3 Å². The number of primary sulfonamides is 1. The lowest BCUT2D eigenvalue weighted by molar-refractivity contribution is 0.203. The first-order valence-corrected chi connectivity index (χ1v) is 12.9. The van der Waals surface area contributed by atoms with Crippen molar-refractivity contribution < 1.29 is 21.9 Å². The standard InChI is InChI=1S/C16H27N9O5S2/c17-7-11(8-18)22-32(29,30)13-2-1-12(25-5-3-10(9-26)4-6-25)14(15(13)31(19,27)28)16-20-23-24-21-16/h1-2,10-11,22,26H,3-9,17-18H2,(H2,19,27,28)(H,20,21,23,24). The molecule has 16 heteroatoms. The molecule has 2 aromatic rings. The molecule has 1 aliphatic heterocycles. The van der Waals surface area contributed by atoms with Gasteiger partial charge in [-0.3, -0.25) is 0 Å². The Kier molecular flexibility index (Phi) is 7.43. The van der Waals surface area contributed by atoms with E-state index >= 15 is 0 Å². The Hall–Kier alpha value is -2.21. The molecule has 9 N–H and O–H groups in total. The second kappa shape index (κ2) is 9.74. The molecule has 3 rings (SSSR count). The zero-order chi connectivity index (χ0) is 23.5. The molecule has 0 unspecified atom stereocenters. The number of aliphatic hydroxyl groups is 1. The van der Waals surface area contributed by atoms with Gasteiger partial charge < -0.3 is 21.5 Å². The molecular weight excluding hydrogens is 462 g/mol. The number of aromatic amines is 1. The number of nitrogens with zero attached hydrogens (tertiary/aromatic N) is 4. The van der Waals surface area contributed by atoms with Crippen molar-refractivity contribution in [3.8, 4) is 11.4 Å². The zero-order valence-corrected chi connectivity index (χ0v) is 18.8. The van der Waals surface area contributed by atoms with Gasteiger partial charge in [-0.1, -0.05) is 0 Å². The van der Waals surface area contributed by atoms with Crippen LogP contribution < -0.4 is 26.2 Å². The van der Waals surface area contributed by atoms with E-state index in [1.165, 1.54) is 12.1 Å². The van der Waals surface area contributed by atoms with E-state index in [1.54, 1.807) is 0 Å². The molecule has 2 heterocycles. The van der Waals surface area contributed by atoms with Crippen molar-refractivity contribution in [3.63, 3.8) is 0 Å². The minimum absolute atomic E-state index is 0.0558. The fourth-order valence-corrected chi connectivity index (χ4v) is 6.48. The highest BCUT2D eigenvalue weighted by atomic mass is 32.2. The second-order valence-electron chi connectivity index (χ2n) is 7.47. The number of aromatic nitrogens is 4. The molecule has 1 aromatic heterocycles. The van der Waals surface area contributed by atoms with Crippen molar-refractivity contribution in [1.29, 1.82) is 0 Å². The molecule has 0 saturated carbocycles. The fraction of sp³-hybridized carbons (Fsp3) is 0.562. The highest BCUT2D eigenvalue weighted by Gasteiger charge is 2.34. The first-order valence-electron chi connectivity index (χ1n) is 9.84. The van der Waals surface area contributed by atoms with E-state index in [0.717, 1.165) is 0 Å². The van der Waals surface area contributed by atoms with Gasteiger partial charge in [0.05, 0.1) is 5.56 Å². The summed E-state index contributed by atoms with van der Waals surface area (Å²) in [7, 11) is -8.95. The number of benzene rings is 1. The molecule has 0 atom stereocenters. The van der Waals surface area contributed by atoms with Gasteiger partial charge in [0.1, 0.15) is 9.79 Å². The third kappa shape index (κ3) is 5.06. The van der Waals surface area contributed by atoms with Crippen LogP contribution in [0.4, 0.5) is 5.69 Å². The van der Waals surface area contributed by atoms with Crippen LogP contribution in [0, 0.1) is 5.92 Å². The van der Waals surface area contributed by atoms with Crippen LogP contribution in [0.15, 0.2) is 21.9 Å². The van der Waals surface area contributed by atoms with Crippen LogP contribution in [0.1, 0.15) is 12.8 Å². The minimum Gasteiger partial charge on any atom is -0.396 e.